The van der Waals surface area contributed by atoms with Crippen LogP contribution in [-0.2, 0) is 6.54 Å². The maximum absolute atomic E-state index is 9.50. The summed E-state index contributed by atoms with van der Waals surface area (Å²) in [7, 11) is 0. The lowest BCUT2D eigenvalue weighted by atomic mass is 10.2. The Kier molecular flexibility index (Phi) is 6.00. The molecule has 1 atom stereocenters. The second-order valence-corrected chi connectivity index (χ2v) is 6.10. The van der Waals surface area contributed by atoms with Crippen LogP contribution in [0.4, 0.5) is 11.6 Å². The van der Waals surface area contributed by atoms with Crippen LogP contribution in [0.25, 0.3) is 0 Å². The topological polar surface area (TPSA) is 83.4 Å². The fourth-order valence-electron chi connectivity index (χ4n) is 3.00. The van der Waals surface area contributed by atoms with E-state index in [9.17, 15) is 5.11 Å². The first-order valence-corrected chi connectivity index (χ1v) is 8.82. The third kappa shape index (κ3) is 4.36. The average molecular weight is 343 g/mol. The van der Waals surface area contributed by atoms with Gasteiger partial charge in [-0.05, 0) is 25.3 Å². The van der Waals surface area contributed by atoms with Crippen LogP contribution in [0.1, 0.15) is 31.7 Å². The molecule has 2 aromatic heterocycles. The molecule has 134 valence electrons. The number of hydrogen-bond donors (Lipinski definition) is 2. The number of aromatic nitrogens is 3. The van der Waals surface area contributed by atoms with Gasteiger partial charge in [-0.25, -0.2) is 15.0 Å². The van der Waals surface area contributed by atoms with Gasteiger partial charge in [-0.3, -0.25) is 0 Å². The summed E-state index contributed by atoms with van der Waals surface area (Å²) in [6, 6.07) is 5.97. The molecule has 1 saturated heterocycles. The minimum absolute atomic E-state index is 0.148. The van der Waals surface area contributed by atoms with Gasteiger partial charge in [-0.1, -0.05) is 13.0 Å². The van der Waals surface area contributed by atoms with E-state index in [0.29, 0.717) is 19.0 Å². The van der Waals surface area contributed by atoms with E-state index in [1.807, 2.05) is 18.2 Å². The van der Waals surface area contributed by atoms with E-state index in [0.717, 1.165) is 43.0 Å². The van der Waals surface area contributed by atoms with Gasteiger partial charge in [-0.2, -0.15) is 0 Å². The van der Waals surface area contributed by atoms with Gasteiger partial charge in [0.05, 0.1) is 19.3 Å². The second-order valence-electron chi connectivity index (χ2n) is 6.10. The number of pyridine rings is 1. The highest BCUT2D eigenvalue weighted by molar-refractivity contribution is 5.50. The van der Waals surface area contributed by atoms with E-state index in [4.69, 9.17) is 4.74 Å². The molecule has 1 aliphatic heterocycles. The van der Waals surface area contributed by atoms with E-state index in [-0.39, 0.29) is 12.6 Å². The summed E-state index contributed by atoms with van der Waals surface area (Å²) >= 11 is 0. The van der Waals surface area contributed by atoms with Crippen molar-refractivity contribution >= 4 is 11.6 Å². The summed E-state index contributed by atoms with van der Waals surface area (Å²) in [5.41, 5.74) is 0.991. The normalized spacial score (nSPS) is 16.9. The molecule has 25 heavy (non-hydrogen) atoms. The largest absolute Gasteiger partial charge is 0.477 e. The molecule has 0 amide bonds. The van der Waals surface area contributed by atoms with Crippen molar-refractivity contribution in [2.45, 2.75) is 38.8 Å². The molecule has 2 aromatic rings. The van der Waals surface area contributed by atoms with E-state index < -0.39 is 0 Å². The standard InChI is InChI=1S/C18H25N5O2/c1-2-9-25-18-14(5-3-7-19-18)11-20-16-10-17(22-13-21-16)23-8-4-6-15(23)12-24/h3,5,7,10,13,15,24H,2,4,6,8-9,11-12H2,1H3,(H,20,21,22)/t15-/m1/s1. The lowest BCUT2D eigenvalue weighted by molar-refractivity contribution is 0.266. The summed E-state index contributed by atoms with van der Waals surface area (Å²) in [5.74, 6) is 2.26. The van der Waals surface area contributed by atoms with Gasteiger partial charge >= 0.3 is 0 Å². The zero-order valence-corrected chi connectivity index (χ0v) is 14.6. The number of rotatable bonds is 8. The Labute approximate surface area is 148 Å². The Balaban J connectivity index is 1.67. The van der Waals surface area contributed by atoms with Gasteiger partial charge in [-0.15, -0.1) is 0 Å². The predicted octanol–water partition coefficient (Wildman–Crippen LogP) is 2.23. The van der Waals surface area contributed by atoms with Crippen LogP contribution in [0.15, 0.2) is 30.7 Å². The van der Waals surface area contributed by atoms with Crippen molar-refractivity contribution in [3.63, 3.8) is 0 Å². The Morgan fingerprint density at radius 3 is 3.12 bits per heavy atom. The van der Waals surface area contributed by atoms with E-state index >= 15 is 0 Å². The molecule has 7 heteroatoms. The van der Waals surface area contributed by atoms with Crippen LogP contribution in [0.3, 0.4) is 0 Å². The van der Waals surface area contributed by atoms with Crippen molar-refractivity contribution < 1.29 is 9.84 Å². The van der Waals surface area contributed by atoms with Crippen LogP contribution < -0.4 is 15.0 Å². The average Bonchev–Trinajstić information content (AvgIpc) is 3.14. The third-order valence-corrected chi connectivity index (χ3v) is 4.29. The molecule has 0 saturated carbocycles. The maximum Gasteiger partial charge on any atom is 0.218 e. The maximum atomic E-state index is 9.50. The fourth-order valence-corrected chi connectivity index (χ4v) is 3.00. The fraction of sp³-hybridized carbons (Fsp3) is 0.500. The van der Waals surface area contributed by atoms with Crippen molar-refractivity contribution in [3.05, 3.63) is 36.3 Å². The summed E-state index contributed by atoms with van der Waals surface area (Å²) < 4.78 is 5.69. The van der Waals surface area contributed by atoms with Gasteiger partial charge in [0.25, 0.3) is 0 Å². The first kappa shape index (κ1) is 17.4. The van der Waals surface area contributed by atoms with Crippen LogP contribution in [0.5, 0.6) is 5.88 Å². The predicted molar refractivity (Wildman–Crippen MR) is 96.8 cm³/mol. The van der Waals surface area contributed by atoms with Crippen LogP contribution in [-0.4, -0.2) is 45.9 Å². The van der Waals surface area contributed by atoms with E-state index in [1.54, 1.807) is 12.5 Å². The van der Waals surface area contributed by atoms with E-state index in [1.165, 1.54) is 0 Å². The molecule has 3 rings (SSSR count). The number of nitrogens with one attached hydrogen (secondary N) is 1. The lowest BCUT2D eigenvalue weighted by Crippen LogP contribution is -2.32. The third-order valence-electron chi connectivity index (χ3n) is 4.29. The molecule has 0 radical (unpaired) electrons. The molecule has 1 aliphatic rings. The van der Waals surface area contributed by atoms with Crippen molar-refractivity contribution in [1.29, 1.82) is 0 Å². The number of anilines is 2. The van der Waals surface area contributed by atoms with Crippen LogP contribution in [0, 0.1) is 0 Å². The Morgan fingerprint density at radius 1 is 1.36 bits per heavy atom. The van der Waals surface area contributed by atoms with Crippen molar-refractivity contribution in [2.75, 3.05) is 30.0 Å². The minimum Gasteiger partial charge on any atom is -0.477 e. The molecular formula is C18H25N5O2. The molecule has 0 bridgehead atoms. The van der Waals surface area contributed by atoms with Gasteiger partial charge in [0.1, 0.15) is 18.0 Å². The smallest absolute Gasteiger partial charge is 0.218 e. The molecular weight excluding hydrogens is 318 g/mol. The molecule has 0 spiro atoms. The first-order chi connectivity index (χ1) is 12.3. The number of aliphatic hydroxyl groups is 1. The summed E-state index contributed by atoms with van der Waals surface area (Å²) in [5, 5.41) is 12.8. The van der Waals surface area contributed by atoms with Gasteiger partial charge in [0.15, 0.2) is 0 Å². The Hall–Kier alpha value is -2.41. The van der Waals surface area contributed by atoms with Gasteiger partial charge in [0, 0.05) is 30.9 Å². The zero-order chi connectivity index (χ0) is 17.5. The molecule has 0 unspecified atom stereocenters. The van der Waals surface area contributed by atoms with Crippen molar-refractivity contribution in [2.24, 2.45) is 0 Å². The van der Waals surface area contributed by atoms with Gasteiger partial charge < -0.3 is 20.1 Å². The summed E-state index contributed by atoms with van der Waals surface area (Å²) in [6.45, 7) is 4.37. The SMILES string of the molecule is CCCOc1ncccc1CNc1cc(N2CCC[C@@H]2CO)ncn1. The monoisotopic (exact) mass is 343 g/mol. The van der Waals surface area contributed by atoms with Crippen molar-refractivity contribution in [1.82, 2.24) is 15.0 Å². The summed E-state index contributed by atoms with van der Waals surface area (Å²) in [4.78, 5) is 15.1. The summed E-state index contributed by atoms with van der Waals surface area (Å²) in [6.07, 6.45) is 6.31. The zero-order valence-electron chi connectivity index (χ0n) is 14.6. The van der Waals surface area contributed by atoms with E-state index in [2.05, 4.69) is 32.1 Å². The number of nitrogens with zero attached hydrogens (tertiary/aromatic N) is 4. The molecule has 1 fully saturated rings. The lowest BCUT2D eigenvalue weighted by Gasteiger charge is -2.24. The molecule has 0 aliphatic carbocycles. The van der Waals surface area contributed by atoms with Crippen molar-refractivity contribution in [3.8, 4) is 5.88 Å². The number of aliphatic hydroxyl groups excluding tert-OH is 1. The highest BCUT2D eigenvalue weighted by Gasteiger charge is 2.25. The van der Waals surface area contributed by atoms with Crippen LogP contribution in [0.2, 0.25) is 0 Å². The highest BCUT2D eigenvalue weighted by atomic mass is 16.5. The molecule has 2 N–H and O–H groups in total. The highest BCUT2D eigenvalue weighted by Crippen LogP contribution is 2.25. The molecule has 0 aromatic carbocycles. The molecule has 3 heterocycles. The second kappa shape index (κ2) is 8.62. The number of ether oxygens (including phenoxy) is 1. The molecule has 7 nitrogen and oxygen atoms in total. The number of hydrogen-bond acceptors (Lipinski definition) is 7. The first-order valence-electron chi connectivity index (χ1n) is 8.82. The minimum atomic E-state index is 0.148. The Morgan fingerprint density at radius 2 is 2.28 bits per heavy atom. The Bertz CT molecular complexity index is 682. The van der Waals surface area contributed by atoms with Crippen LogP contribution >= 0.6 is 0 Å². The van der Waals surface area contributed by atoms with Gasteiger partial charge in [0.2, 0.25) is 5.88 Å². The quantitative estimate of drug-likeness (QED) is 0.760.